The molecular formula is C122H166O13S. The summed E-state index contributed by atoms with van der Waals surface area (Å²) in [5.41, 5.74) is 5.72. The van der Waals surface area contributed by atoms with Crippen molar-refractivity contribution in [2.24, 2.45) is 104 Å². The number of ether oxygens (including phenoxy) is 7. The van der Waals surface area contributed by atoms with Gasteiger partial charge in [0.2, 0.25) is 5.60 Å². The summed E-state index contributed by atoms with van der Waals surface area (Å²) in [6, 6.07) is 48.4. The zero-order valence-corrected chi connectivity index (χ0v) is 86.4. The molecule has 0 N–H and O–H groups in total. The molecule has 6 aromatic carbocycles. The molecule has 14 heteroatoms. The van der Waals surface area contributed by atoms with Crippen LogP contribution in [0.3, 0.4) is 0 Å². The molecule has 0 spiro atoms. The fourth-order valence-electron chi connectivity index (χ4n) is 28.6. The van der Waals surface area contributed by atoms with Gasteiger partial charge >= 0.3 is 35.8 Å². The third kappa shape index (κ3) is 24.1. The normalized spacial score (nSPS) is 31.5. The minimum atomic E-state index is -1.18. The fourth-order valence-corrected chi connectivity index (χ4v) is 29.0. The zero-order valence-electron chi connectivity index (χ0n) is 85.6. The molecule has 0 amide bonds. The molecule has 14 bridgehead atoms. The predicted octanol–water partition coefficient (Wildman–Crippen LogP) is 31.8. The highest BCUT2D eigenvalue weighted by Crippen LogP contribution is 2.67. The Kier molecular flexibility index (Phi) is 33.8. The van der Waals surface area contributed by atoms with E-state index in [9.17, 15) is 28.8 Å². The minimum absolute atomic E-state index is 0.00433. The average Bonchev–Trinajstić information content (AvgIpc) is 1.51. The Bertz CT molecular complexity index is 4900. The second kappa shape index (κ2) is 44.9. The third-order valence-electron chi connectivity index (χ3n) is 37.7. The van der Waals surface area contributed by atoms with Crippen molar-refractivity contribution in [3.8, 4) is 34.5 Å². The summed E-state index contributed by atoms with van der Waals surface area (Å²) < 4.78 is 40.1. The largest absolute Gasteiger partial charge is 0.450 e. The van der Waals surface area contributed by atoms with Gasteiger partial charge in [0.15, 0.2) is 5.05 Å². The summed E-state index contributed by atoms with van der Waals surface area (Å²) in [5.74, 6) is 16.9. The van der Waals surface area contributed by atoms with E-state index >= 15 is 0 Å². The van der Waals surface area contributed by atoms with E-state index in [1.54, 1.807) is 6.07 Å². The molecule has 22 rings (SSSR count). The zero-order chi connectivity index (χ0) is 96.4. The van der Waals surface area contributed by atoms with Gasteiger partial charge in [-0.15, -0.1) is 0 Å². The van der Waals surface area contributed by atoms with E-state index in [1.807, 2.05) is 112 Å². The van der Waals surface area contributed by atoms with Crippen LogP contribution in [-0.4, -0.2) is 46.5 Å². The minimum Gasteiger partial charge on any atom is -0.450 e. The van der Waals surface area contributed by atoms with E-state index in [-0.39, 0.29) is 46.6 Å². The first-order valence-electron chi connectivity index (χ1n) is 54.3. The van der Waals surface area contributed by atoms with Gasteiger partial charge in [-0.05, 0) is 442 Å². The molecule has 738 valence electrons. The van der Waals surface area contributed by atoms with Crippen LogP contribution in [0.1, 0.15) is 423 Å². The smallest absolute Gasteiger partial charge is 0.356 e. The highest BCUT2D eigenvalue weighted by Gasteiger charge is 2.76. The maximum atomic E-state index is 12.9. The van der Waals surface area contributed by atoms with Gasteiger partial charge in [-0.25, -0.2) is 4.79 Å². The number of carbonyl (C=O) groups is 6. The number of rotatable bonds is 27. The Morgan fingerprint density at radius 3 is 1.10 bits per heavy atom. The van der Waals surface area contributed by atoms with E-state index in [0.717, 1.165) is 176 Å². The molecule has 16 fully saturated rings. The van der Waals surface area contributed by atoms with Crippen LogP contribution in [0.15, 0.2) is 146 Å². The van der Waals surface area contributed by atoms with Crippen LogP contribution in [0.4, 0.5) is 0 Å². The maximum absolute atomic E-state index is 12.9. The quantitative estimate of drug-likeness (QED) is 0.0271. The lowest BCUT2D eigenvalue weighted by molar-refractivity contribution is -0.176. The average molecular weight is 1870 g/mol. The highest BCUT2D eigenvalue weighted by molar-refractivity contribution is 7.80. The maximum Gasteiger partial charge on any atom is 0.356 e. The lowest BCUT2D eigenvalue weighted by Gasteiger charge is -2.56. The Morgan fingerprint density at radius 2 is 0.735 bits per heavy atom. The Morgan fingerprint density at radius 1 is 0.360 bits per heavy atom. The summed E-state index contributed by atoms with van der Waals surface area (Å²) in [6.07, 6.45) is 46.3. The van der Waals surface area contributed by atoms with E-state index in [1.165, 1.54) is 175 Å². The first-order chi connectivity index (χ1) is 65.2. The second-order valence-electron chi connectivity index (χ2n) is 47.2. The van der Waals surface area contributed by atoms with E-state index in [2.05, 4.69) is 132 Å². The molecule has 15 saturated carbocycles. The van der Waals surface area contributed by atoms with Crippen LogP contribution in [0.2, 0.25) is 0 Å². The number of esters is 6. The third-order valence-corrected chi connectivity index (χ3v) is 37.9. The van der Waals surface area contributed by atoms with E-state index in [0.29, 0.717) is 84.0 Å². The van der Waals surface area contributed by atoms with Crippen molar-refractivity contribution in [1.29, 1.82) is 0 Å². The van der Waals surface area contributed by atoms with Crippen molar-refractivity contribution in [3.63, 3.8) is 0 Å². The van der Waals surface area contributed by atoms with Gasteiger partial charge in [-0.2, -0.15) is 0 Å². The molecule has 136 heavy (non-hydrogen) atoms. The van der Waals surface area contributed by atoms with Crippen molar-refractivity contribution >= 4 is 53.1 Å². The predicted molar refractivity (Wildman–Crippen MR) is 548 cm³/mol. The molecule has 1 saturated heterocycles. The lowest BCUT2D eigenvalue weighted by Crippen LogP contribution is -2.50. The molecule has 15 aliphatic carbocycles. The first-order valence-corrected chi connectivity index (χ1v) is 54.8. The van der Waals surface area contributed by atoms with Gasteiger partial charge in [0, 0.05) is 18.3 Å². The number of fused-ring (bicyclic) bond motifs is 7. The number of benzene rings is 6. The van der Waals surface area contributed by atoms with Crippen LogP contribution < -0.4 is 28.4 Å². The Balaban J connectivity index is 0.000000124. The van der Waals surface area contributed by atoms with Crippen molar-refractivity contribution in [2.75, 3.05) is 0 Å². The SMILES string of the molecule is CCC(C)c1cccc(OC(=O)C23CCC(C)(C(=O)O2)C3(C)C)c1.CCC(C)c1cccc(OC(=O)C23CCC(CC2)C3)c1.CCC(C)c1cccc(OC(=O)C2CCC3CCCCC3C2)c1.CCC(C)c1cccc(OC(=O)CC23CC4CC(CC(C4)C2)C3)c1.CCC(C)c1cccc(OC(=O)CC2CC3CCC2C3)c1.CCC(C)c1cccc(OC(=S)CC23CC4CC(CC(C4)C2)C3)c1. The molecule has 16 aliphatic rings. The van der Waals surface area contributed by atoms with Crippen LogP contribution in [0.25, 0.3) is 0 Å². The summed E-state index contributed by atoms with van der Waals surface area (Å²) >= 11 is 5.69. The van der Waals surface area contributed by atoms with E-state index < -0.39 is 22.4 Å². The number of thiocarbonyl (C=S) groups is 1. The van der Waals surface area contributed by atoms with Crippen LogP contribution in [-0.2, 0) is 33.5 Å². The molecule has 6 aromatic rings. The standard InChI is InChI=1S/C22H30O2.C22H30OS.C21H30O2.C20H26O4.C19H26O2.C18H24O2/c1-3-15(2)19-5-4-6-20(10-19)24-21(23)14-22-11-16-7-17(12-22)9-18(8-16)13-22;1-3-15(2)19-5-4-6-20(10-19)23-21(24)14-22-11-16-7-17(12-22)9-18(8-16)13-22;1-3-15(2)17-9-6-10-20(14-17)23-21(22)19-12-11-16-7-4-5-8-18(16)13-19;1-6-13(2)14-8-7-9-15(12-14)23-17(22)20-11-10-19(5,16(21)24-20)18(20,3)4;1-3-13(2)15-5-4-6-18(11-15)21-19(20)12-17-10-14-7-8-16(17)9-14;1-3-13(2)15-5-4-6-16(11-15)20-17(19)18-9-7-14(12-18)8-10-18/h2*4-6,10,15-18H,3,7-9,11-14H2,1-2H3;6,9-10,14-16,18-19H,3-5,7-8,11-13H2,1-2H3;7-9,12-13H,6,10-11H2,1-5H3;4-6,11,13-14,16-17H,3,7-10,12H2,1-2H3;4-6,11,13-14H,3,7-10,12H2,1-2H3. The summed E-state index contributed by atoms with van der Waals surface area (Å²) in [7, 11) is 0. The van der Waals surface area contributed by atoms with Gasteiger partial charge < -0.3 is 33.2 Å². The highest BCUT2D eigenvalue weighted by atomic mass is 32.1. The van der Waals surface area contributed by atoms with Crippen LogP contribution in [0.5, 0.6) is 34.5 Å². The molecule has 14 atom stereocenters. The molecule has 13 nitrogen and oxygen atoms in total. The molecule has 0 radical (unpaired) electrons. The molecule has 0 aromatic heterocycles. The van der Waals surface area contributed by atoms with Crippen molar-refractivity contribution in [3.05, 3.63) is 179 Å². The molecule has 14 unspecified atom stereocenters. The van der Waals surface area contributed by atoms with Gasteiger partial charge in [-0.3, -0.25) is 24.0 Å². The van der Waals surface area contributed by atoms with Crippen molar-refractivity contribution in [2.45, 2.75) is 395 Å². The summed E-state index contributed by atoms with van der Waals surface area (Å²) in [5, 5.41) is 0.818. The summed E-state index contributed by atoms with van der Waals surface area (Å²) in [6.45, 7) is 32.1. The molecular weight excluding hydrogens is 1710 g/mol. The van der Waals surface area contributed by atoms with Crippen molar-refractivity contribution in [1.82, 2.24) is 0 Å². The van der Waals surface area contributed by atoms with Crippen LogP contribution in [0, 0.1) is 104 Å². The molecule has 1 heterocycles. The van der Waals surface area contributed by atoms with Crippen molar-refractivity contribution < 1.29 is 61.9 Å². The van der Waals surface area contributed by atoms with Gasteiger partial charge in [0.25, 0.3) is 0 Å². The van der Waals surface area contributed by atoms with Gasteiger partial charge in [0.05, 0.1) is 23.2 Å². The van der Waals surface area contributed by atoms with Gasteiger partial charge in [0.1, 0.15) is 34.5 Å². The fraction of sp³-hybridized carbons (Fsp3) is 0.648. The monoisotopic (exact) mass is 1870 g/mol. The molecule has 1 aliphatic heterocycles. The topological polar surface area (TPSA) is 167 Å². The Hall–Kier alpha value is -7.97. The van der Waals surface area contributed by atoms with Crippen LogP contribution >= 0.6 is 12.2 Å². The van der Waals surface area contributed by atoms with E-state index in [4.69, 9.17) is 45.4 Å². The lowest BCUT2D eigenvalue weighted by atomic mass is 9.49. The number of carbonyl (C=O) groups excluding carboxylic acids is 6. The second-order valence-corrected chi connectivity index (χ2v) is 47.6. The Labute approximate surface area is 822 Å². The number of hydrogen-bond donors (Lipinski definition) is 0. The first kappa shape index (κ1) is 102. The summed E-state index contributed by atoms with van der Waals surface area (Å²) in [4.78, 5) is 75.1. The van der Waals surface area contributed by atoms with Gasteiger partial charge in [-0.1, -0.05) is 202 Å². The number of hydrogen-bond acceptors (Lipinski definition) is 14.